The Balaban J connectivity index is 2.07. The fourth-order valence-corrected chi connectivity index (χ4v) is 4.29. The fourth-order valence-electron chi connectivity index (χ4n) is 3.20. The van der Waals surface area contributed by atoms with Crippen molar-refractivity contribution in [1.82, 2.24) is 0 Å². The second-order valence-electron chi connectivity index (χ2n) is 5.63. The molecule has 5 heteroatoms. The van der Waals surface area contributed by atoms with Crippen molar-refractivity contribution in [3.63, 3.8) is 0 Å². The summed E-state index contributed by atoms with van der Waals surface area (Å²) in [6.07, 6.45) is 0.596. The molecule has 4 rings (SSSR count). The molecule has 1 heterocycles. The van der Waals surface area contributed by atoms with Crippen LogP contribution in [0.15, 0.2) is 58.3 Å². The number of rotatable bonds is 2. The topological polar surface area (TPSA) is 74.6 Å². The highest BCUT2D eigenvalue weighted by Gasteiger charge is 2.25. The van der Waals surface area contributed by atoms with Crippen LogP contribution in [0.25, 0.3) is 10.8 Å². The molecule has 0 unspecified atom stereocenters. The molecule has 2 N–H and O–H groups in total. The smallest absolute Gasteiger partial charge is 0.337 e. The quantitative estimate of drug-likeness (QED) is 0.571. The molecule has 1 aliphatic heterocycles. The average Bonchev–Trinajstić information content (AvgIpc) is 2.58. The Morgan fingerprint density at radius 1 is 0.875 bits per heavy atom. The van der Waals surface area contributed by atoms with Gasteiger partial charge < -0.3 is 10.2 Å². The molecule has 118 valence electrons. The van der Waals surface area contributed by atoms with Gasteiger partial charge in [0.25, 0.3) is 0 Å². The zero-order valence-electron chi connectivity index (χ0n) is 12.4. The summed E-state index contributed by atoms with van der Waals surface area (Å²) in [5, 5.41) is 20.3. The number of carboxylic acids is 2. The second kappa shape index (κ2) is 5.39. The lowest BCUT2D eigenvalue weighted by molar-refractivity contribution is 0.0653. The van der Waals surface area contributed by atoms with Gasteiger partial charge in [-0.1, -0.05) is 42.1 Å². The van der Waals surface area contributed by atoms with Crippen LogP contribution in [0.5, 0.6) is 0 Å². The van der Waals surface area contributed by atoms with Gasteiger partial charge in [-0.05, 0) is 34.7 Å². The summed E-state index contributed by atoms with van der Waals surface area (Å²) in [5.41, 5.74) is 1.71. The number of fused-ring (bicyclic) bond motifs is 4. The van der Waals surface area contributed by atoms with Crippen LogP contribution in [-0.2, 0) is 6.42 Å². The van der Waals surface area contributed by atoms with Gasteiger partial charge in [-0.2, -0.15) is 0 Å². The van der Waals surface area contributed by atoms with Crippen LogP contribution in [0, 0.1) is 0 Å². The number of carboxylic acid groups (broad SMARTS) is 2. The van der Waals surface area contributed by atoms with Gasteiger partial charge in [0.2, 0.25) is 0 Å². The van der Waals surface area contributed by atoms with Crippen molar-refractivity contribution in [2.75, 3.05) is 0 Å². The van der Waals surface area contributed by atoms with Crippen LogP contribution in [-0.4, -0.2) is 22.2 Å². The van der Waals surface area contributed by atoms with Gasteiger partial charge in [-0.15, -0.1) is 0 Å². The summed E-state index contributed by atoms with van der Waals surface area (Å²) in [7, 11) is 0. The van der Waals surface area contributed by atoms with E-state index in [0.717, 1.165) is 26.3 Å². The average molecular weight is 336 g/mol. The van der Waals surface area contributed by atoms with Gasteiger partial charge in [0.05, 0.1) is 11.1 Å². The number of carbonyl (C=O) groups is 2. The maximum absolute atomic E-state index is 11.8. The first-order valence-corrected chi connectivity index (χ1v) is 8.19. The van der Waals surface area contributed by atoms with Crippen LogP contribution in [0.2, 0.25) is 0 Å². The van der Waals surface area contributed by atoms with Gasteiger partial charge in [0, 0.05) is 21.6 Å². The minimum Gasteiger partial charge on any atom is -0.478 e. The Hall–Kier alpha value is -2.79. The third-order valence-electron chi connectivity index (χ3n) is 4.26. The molecule has 3 aromatic carbocycles. The molecular weight excluding hydrogens is 324 g/mol. The van der Waals surface area contributed by atoms with Crippen LogP contribution in [0.4, 0.5) is 0 Å². The van der Waals surface area contributed by atoms with Crippen molar-refractivity contribution >= 4 is 34.5 Å². The Morgan fingerprint density at radius 2 is 1.62 bits per heavy atom. The van der Waals surface area contributed by atoms with E-state index in [4.69, 9.17) is 0 Å². The van der Waals surface area contributed by atoms with Crippen LogP contribution in [0.1, 0.15) is 31.8 Å². The first-order chi connectivity index (χ1) is 11.6. The zero-order chi connectivity index (χ0) is 16.8. The molecule has 3 aromatic rings. The van der Waals surface area contributed by atoms with E-state index in [1.54, 1.807) is 17.8 Å². The van der Waals surface area contributed by atoms with E-state index in [1.165, 1.54) is 6.07 Å². The van der Waals surface area contributed by atoms with Gasteiger partial charge in [0.1, 0.15) is 0 Å². The van der Waals surface area contributed by atoms with Crippen LogP contribution >= 0.6 is 11.8 Å². The summed E-state index contributed by atoms with van der Waals surface area (Å²) < 4.78 is 0. The summed E-state index contributed by atoms with van der Waals surface area (Å²) in [6, 6.07) is 14.9. The highest BCUT2D eigenvalue weighted by molar-refractivity contribution is 7.99. The first-order valence-electron chi connectivity index (χ1n) is 7.37. The van der Waals surface area contributed by atoms with E-state index < -0.39 is 11.9 Å². The van der Waals surface area contributed by atoms with Crippen molar-refractivity contribution in [2.45, 2.75) is 16.2 Å². The Morgan fingerprint density at radius 3 is 2.38 bits per heavy atom. The lowest BCUT2D eigenvalue weighted by atomic mass is 9.91. The molecule has 0 bridgehead atoms. The Kier molecular flexibility index (Phi) is 3.32. The molecule has 0 saturated carbocycles. The van der Waals surface area contributed by atoms with E-state index in [9.17, 15) is 19.8 Å². The van der Waals surface area contributed by atoms with E-state index in [1.807, 2.05) is 36.4 Å². The monoisotopic (exact) mass is 336 g/mol. The van der Waals surface area contributed by atoms with E-state index in [-0.39, 0.29) is 11.1 Å². The highest BCUT2D eigenvalue weighted by atomic mass is 32.2. The van der Waals surface area contributed by atoms with Crippen LogP contribution in [0.3, 0.4) is 0 Å². The molecule has 24 heavy (non-hydrogen) atoms. The molecule has 0 spiro atoms. The largest absolute Gasteiger partial charge is 0.478 e. The van der Waals surface area contributed by atoms with Gasteiger partial charge in [-0.25, -0.2) is 9.59 Å². The summed E-state index contributed by atoms with van der Waals surface area (Å²) in [4.78, 5) is 25.4. The van der Waals surface area contributed by atoms with Gasteiger partial charge >= 0.3 is 11.9 Å². The maximum atomic E-state index is 11.8. The molecule has 1 aliphatic rings. The van der Waals surface area contributed by atoms with Crippen LogP contribution < -0.4 is 0 Å². The number of aromatic carboxylic acids is 2. The van der Waals surface area contributed by atoms with E-state index in [0.29, 0.717) is 11.8 Å². The predicted molar refractivity (Wildman–Crippen MR) is 91.2 cm³/mol. The highest BCUT2D eigenvalue weighted by Crippen LogP contribution is 2.43. The van der Waals surface area contributed by atoms with Gasteiger partial charge in [0.15, 0.2) is 0 Å². The number of benzene rings is 3. The van der Waals surface area contributed by atoms with Crippen molar-refractivity contribution in [3.8, 4) is 0 Å². The number of hydrogen-bond acceptors (Lipinski definition) is 3. The third-order valence-corrected chi connectivity index (χ3v) is 5.48. The second-order valence-corrected chi connectivity index (χ2v) is 6.71. The lowest BCUT2D eigenvalue weighted by Gasteiger charge is -2.22. The van der Waals surface area contributed by atoms with Crippen molar-refractivity contribution in [1.29, 1.82) is 0 Å². The predicted octanol–water partition coefficient (Wildman–Crippen LogP) is 4.29. The van der Waals surface area contributed by atoms with Crippen molar-refractivity contribution in [2.24, 2.45) is 0 Å². The molecule has 0 aliphatic carbocycles. The van der Waals surface area contributed by atoms with E-state index in [2.05, 4.69) is 0 Å². The zero-order valence-corrected chi connectivity index (χ0v) is 13.3. The summed E-state index contributed by atoms with van der Waals surface area (Å²) in [5.74, 6) is -2.44. The number of hydrogen-bond donors (Lipinski definition) is 2. The Bertz CT molecular complexity index is 1020. The minimum absolute atomic E-state index is 0.128. The summed E-state index contributed by atoms with van der Waals surface area (Å²) >= 11 is 1.59. The van der Waals surface area contributed by atoms with Crippen molar-refractivity contribution < 1.29 is 19.8 Å². The fraction of sp³-hybridized carbons (Fsp3) is 0.0526. The molecule has 0 atom stereocenters. The molecular formula is C19H12O4S. The maximum Gasteiger partial charge on any atom is 0.337 e. The third kappa shape index (κ3) is 2.17. The molecule has 0 amide bonds. The molecule has 0 fully saturated rings. The molecule has 0 saturated heterocycles. The summed E-state index contributed by atoms with van der Waals surface area (Å²) in [6.45, 7) is 0. The Labute approximate surface area is 141 Å². The molecule has 4 nitrogen and oxygen atoms in total. The molecule has 0 radical (unpaired) electrons. The van der Waals surface area contributed by atoms with Crippen molar-refractivity contribution in [3.05, 3.63) is 70.8 Å². The minimum atomic E-state index is -1.23. The lowest BCUT2D eigenvalue weighted by Crippen LogP contribution is -2.11. The molecule has 0 aromatic heterocycles. The van der Waals surface area contributed by atoms with E-state index >= 15 is 0 Å². The first kappa shape index (κ1) is 14.8. The standard InChI is InChI=1S/C19H12O4S/c20-18(21)12-7-5-10-6-8-15-13(16(10)17(12)19(22)23)9-11-3-1-2-4-14(11)24-15/h1-8H,9H2,(H,20,21)(H,22,23). The SMILES string of the molecule is O=C(O)c1ccc2ccc3c(c2c1C(=O)O)Cc1ccccc1S3. The normalized spacial score (nSPS) is 12.5. The van der Waals surface area contributed by atoms with Gasteiger partial charge in [-0.3, -0.25) is 0 Å².